The number of aromatic nitrogens is 2. The number of nitrogens with zero attached hydrogens (tertiary/aromatic N) is 2. The van der Waals surface area contributed by atoms with Gasteiger partial charge in [-0.3, -0.25) is 23.9 Å². The molecule has 0 unspecified atom stereocenters. The van der Waals surface area contributed by atoms with Crippen LogP contribution >= 0.6 is 0 Å². The average molecular weight is 281 g/mol. The summed E-state index contributed by atoms with van der Waals surface area (Å²) in [6, 6.07) is 1.16. The molecule has 2 heterocycles. The standard InChI is InChI=1S/C12H15N3O5/c16-9-3-5-15(12(20)13-9)7-10(17)14-4-1-2-8(6-14)11(18)19/h3,5,8H,1-2,4,6-7H2,(H,18,19)(H,13,16,20)/t8-/m1/s1. The lowest BCUT2D eigenvalue weighted by Gasteiger charge is -2.30. The second kappa shape index (κ2) is 5.72. The number of hydrogen-bond donors (Lipinski definition) is 2. The van der Waals surface area contributed by atoms with Gasteiger partial charge in [-0.05, 0) is 12.8 Å². The predicted molar refractivity (Wildman–Crippen MR) is 68.3 cm³/mol. The lowest BCUT2D eigenvalue weighted by atomic mass is 9.98. The molecule has 2 N–H and O–H groups in total. The molecule has 0 saturated carbocycles. The number of aromatic amines is 1. The van der Waals surface area contributed by atoms with Gasteiger partial charge < -0.3 is 10.0 Å². The van der Waals surface area contributed by atoms with Crippen LogP contribution in [0.15, 0.2) is 21.9 Å². The molecular formula is C12H15N3O5. The number of amides is 1. The molecule has 8 nitrogen and oxygen atoms in total. The highest BCUT2D eigenvalue weighted by Gasteiger charge is 2.28. The number of rotatable bonds is 3. The molecule has 0 aromatic carbocycles. The first-order valence-electron chi connectivity index (χ1n) is 6.27. The van der Waals surface area contributed by atoms with E-state index in [4.69, 9.17) is 5.11 Å². The van der Waals surface area contributed by atoms with E-state index in [0.29, 0.717) is 19.4 Å². The molecule has 0 radical (unpaired) electrons. The summed E-state index contributed by atoms with van der Waals surface area (Å²) >= 11 is 0. The van der Waals surface area contributed by atoms with Gasteiger partial charge in [-0.1, -0.05) is 0 Å². The smallest absolute Gasteiger partial charge is 0.328 e. The summed E-state index contributed by atoms with van der Waals surface area (Å²) in [4.78, 5) is 48.9. The Bertz CT molecular complexity index is 632. The Kier molecular flexibility index (Phi) is 4.02. The summed E-state index contributed by atoms with van der Waals surface area (Å²) in [5, 5.41) is 8.97. The summed E-state index contributed by atoms with van der Waals surface area (Å²) < 4.78 is 1.09. The molecule has 108 valence electrons. The van der Waals surface area contributed by atoms with Gasteiger partial charge in [0.25, 0.3) is 5.56 Å². The SMILES string of the molecule is O=C(O)[C@@H]1CCCN(C(=O)Cn2ccc(=O)[nH]c2=O)C1. The van der Waals surface area contributed by atoms with Gasteiger partial charge in [0, 0.05) is 25.4 Å². The molecular weight excluding hydrogens is 266 g/mol. The zero-order chi connectivity index (χ0) is 14.7. The van der Waals surface area contributed by atoms with Crippen LogP contribution in [0.5, 0.6) is 0 Å². The summed E-state index contributed by atoms with van der Waals surface area (Å²) in [6.07, 6.45) is 2.43. The van der Waals surface area contributed by atoms with Crippen LogP contribution < -0.4 is 11.2 Å². The number of nitrogens with one attached hydrogen (secondary N) is 1. The van der Waals surface area contributed by atoms with Crippen molar-refractivity contribution in [2.45, 2.75) is 19.4 Å². The Morgan fingerprint density at radius 2 is 2.15 bits per heavy atom. The molecule has 1 atom stereocenters. The lowest BCUT2D eigenvalue weighted by Crippen LogP contribution is -2.45. The van der Waals surface area contributed by atoms with Crippen LogP contribution in [-0.2, 0) is 16.1 Å². The first-order valence-corrected chi connectivity index (χ1v) is 6.27. The van der Waals surface area contributed by atoms with Crippen LogP contribution in [0, 0.1) is 5.92 Å². The minimum absolute atomic E-state index is 0.159. The number of aliphatic carboxylic acids is 1. The summed E-state index contributed by atoms with van der Waals surface area (Å²) in [5.41, 5.74) is -1.18. The molecule has 1 fully saturated rings. The van der Waals surface area contributed by atoms with E-state index in [1.807, 2.05) is 0 Å². The molecule has 20 heavy (non-hydrogen) atoms. The van der Waals surface area contributed by atoms with Crippen LogP contribution in [0.25, 0.3) is 0 Å². The number of H-pyrrole nitrogens is 1. The quantitative estimate of drug-likeness (QED) is 0.727. The van der Waals surface area contributed by atoms with Gasteiger partial charge in [0.05, 0.1) is 5.92 Å². The van der Waals surface area contributed by atoms with Gasteiger partial charge in [0.15, 0.2) is 0 Å². The van der Waals surface area contributed by atoms with Gasteiger partial charge in [-0.15, -0.1) is 0 Å². The van der Waals surface area contributed by atoms with E-state index >= 15 is 0 Å². The molecule has 1 saturated heterocycles. The first kappa shape index (κ1) is 14.0. The Morgan fingerprint density at radius 1 is 1.40 bits per heavy atom. The normalized spacial score (nSPS) is 18.8. The maximum atomic E-state index is 12.1. The first-order chi connectivity index (χ1) is 9.47. The fraction of sp³-hybridized carbons (Fsp3) is 0.500. The number of piperidine rings is 1. The molecule has 8 heteroatoms. The third-order valence-electron chi connectivity index (χ3n) is 3.33. The number of carbonyl (C=O) groups is 2. The van der Waals surface area contributed by atoms with E-state index in [0.717, 1.165) is 10.6 Å². The zero-order valence-electron chi connectivity index (χ0n) is 10.7. The largest absolute Gasteiger partial charge is 0.481 e. The molecule has 0 bridgehead atoms. The third kappa shape index (κ3) is 3.14. The van der Waals surface area contributed by atoms with Crippen molar-refractivity contribution in [1.29, 1.82) is 0 Å². The zero-order valence-corrected chi connectivity index (χ0v) is 10.7. The van der Waals surface area contributed by atoms with E-state index in [9.17, 15) is 19.2 Å². The van der Waals surface area contributed by atoms with Crippen molar-refractivity contribution < 1.29 is 14.7 Å². The Morgan fingerprint density at radius 3 is 2.80 bits per heavy atom. The van der Waals surface area contributed by atoms with Gasteiger partial charge in [0.2, 0.25) is 5.91 Å². The second-order valence-electron chi connectivity index (χ2n) is 4.76. The van der Waals surface area contributed by atoms with Crippen molar-refractivity contribution in [2.75, 3.05) is 13.1 Å². The molecule has 2 rings (SSSR count). The van der Waals surface area contributed by atoms with Crippen molar-refractivity contribution >= 4 is 11.9 Å². The van der Waals surface area contributed by atoms with E-state index in [1.54, 1.807) is 0 Å². The molecule has 1 aliphatic heterocycles. The lowest BCUT2D eigenvalue weighted by molar-refractivity contribution is -0.145. The number of likely N-dealkylation sites (tertiary alicyclic amines) is 1. The van der Waals surface area contributed by atoms with Crippen molar-refractivity contribution in [1.82, 2.24) is 14.5 Å². The molecule has 1 aromatic rings. The predicted octanol–water partition coefficient (Wildman–Crippen LogP) is -1.14. The van der Waals surface area contributed by atoms with E-state index in [2.05, 4.69) is 4.98 Å². The molecule has 1 aromatic heterocycles. The molecule has 1 amide bonds. The van der Waals surface area contributed by atoms with Crippen LogP contribution in [0.3, 0.4) is 0 Å². The van der Waals surface area contributed by atoms with E-state index in [1.165, 1.54) is 11.1 Å². The number of carboxylic acids is 1. The maximum absolute atomic E-state index is 12.1. The summed E-state index contributed by atoms with van der Waals surface area (Å²) in [5.74, 6) is -1.80. The van der Waals surface area contributed by atoms with Crippen LogP contribution in [0.4, 0.5) is 0 Å². The van der Waals surface area contributed by atoms with Crippen molar-refractivity contribution in [3.63, 3.8) is 0 Å². The third-order valence-corrected chi connectivity index (χ3v) is 3.33. The van der Waals surface area contributed by atoms with Gasteiger partial charge in [0.1, 0.15) is 6.54 Å². The fourth-order valence-electron chi connectivity index (χ4n) is 2.22. The minimum atomic E-state index is -0.913. The topological polar surface area (TPSA) is 112 Å². The van der Waals surface area contributed by atoms with Crippen molar-refractivity contribution in [3.8, 4) is 0 Å². The Balaban J connectivity index is 2.06. The highest BCUT2D eigenvalue weighted by molar-refractivity contribution is 5.77. The van der Waals surface area contributed by atoms with Gasteiger partial charge in [-0.2, -0.15) is 0 Å². The molecule has 0 spiro atoms. The minimum Gasteiger partial charge on any atom is -0.481 e. The second-order valence-corrected chi connectivity index (χ2v) is 4.76. The van der Waals surface area contributed by atoms with Gasteiger partial charge >= 0.3 is 11.7 Å². The summed E-state index contributed by atoms with van der Waals surface area (Å²) in [7, 11) is 0. The van der Waals surface area contributed by atoms with Crippen molar-refractivity contribution in [2.24, 2.45) is 5.92 Å². The Hall–Kier alpha value is -2.38. The van der Waals surface area contributed by atoms with Crippen molar-refractivity contribution in [3.05, 3.63) is 33.1 Å². The highest BCUT2D eigenvalue weighted by Crippen LogP contribution is 2.16. The van der Waals surface area contributed by atoms with E-state index < -0.39 is 23.1 Å². The summed E-state index contributed by atoms with van der Waals surface area (Å²) in [6.45, 7) is 0.439. The van der Waals surface area contributed by atoms with Crippen LogP contribution in [0.1, 0.15) is 12.8 Å². The van der Waals surface area contributed by atoms with Crippen LogP contribution in [0.2, 0.25) is 0 Å². The number of hydrogen-bond acceptors (Lipinski definition) is 4. The average Bonchev–Trinajstić information content (AvgIpc) is 2.42. The molecule has 0 aliphatic carbocycles. The number of carboxylic acid groups (broad SMARTS) is 1. The van der Waals surface area contributed by atoms with Gasteiger partial charge in [-0.25, -0.2) is 4.79 Å². The van der Waals surface area contributed by atoms with E-state index in [-0.39, 0.29) is 19.0 Å². The highest BCUT2D eigenvalue weighted by atomic mass is 16.4. The Labute approximate surface area is 113 Å². The maximum Gasteiger partial charge on any atom is 0.328 e. The fourth-order valence-corrected chi connectivity index (χ4v) is 2.22. The number of carbonyl (C=O) groups excluding carboxylic acids is 1. The molecule has 1 aliphatic rings. The van der Waals surface area contributed by atoms with Crippen LogP contribution in [-0.4, -0.2) is 44.5 Å². The monoisotopic (exact) mass is 281 g/mol.